The molecular weight excluding hydrogens is 396 g/mol. The molecule has 0 saturated heterocycles. The number of fused-ring (bicyclic) bond motifs is 1. The average Bonchev–Trinajstić information content (AvgIpc) is 3.61. The first-order valence-corrected chi connectivity index (χ1v) is 11.2. The Labute approximate surface area is 188 Å². The van der Waals surface area contributed by atoms with Crippen LogP contribution in [0.1, 0.15) is 40.2 Å². The maximum absolute atomic E-state index is 13.3. The second-order valence-corrected chi connectivity index (χ2v) is 8.66. The van der Waals surface area contributed by atoms with Crippen molar-refractivity contribution in [1.82, 2.24) is 4.57 Å². The van der Waals surface area contributed by atoms with Gasteiger partial charge >= 0.3 is 0 Å². The second kappa shape index (κ2) is 8.64. The fourth-order valence-electron chi connectivity index (χ4n) is 4.44. The van der Waals surface area contributed by atoms with Crippen LogP contribution in [0.2, 0.25) is 0 Å². The Hall–Kier alpha value is -3.37. The van der Waals surface area contributed by atoms with Crippen LogP contribution in [0, 0.1) is 0 Å². The smallest absolute Gasteiger partial charge is 0.167 e. The van der Waals surface area contributed by atoms with Gasteiger partial charge in [-0.25, -0.2) is 0 Å². The highest BCUT2D eigenvalue weighted by molar-refractivity contribution is 6.02. The Bertz CT molecular complexity index is 1270. The third kappa shape index (κ3) is 4.06. The molecule has 2 N–H and O–H groups in total. The van der Waals surface area contributed by atoms with Gasteiger partial charge in [-0.1, -0.05) is 36.4 Å². The van der Waals surface area contributed by atoms with Crippen molar-refractivity contribution in [2.24, 2.45) is 0 Å². The van der Waals surface area contributed by atoms with Gasteiger partial charge in [0.1, 0.15) is 0 Å². The number of hydrogen-bond donors (Lipinski definition) is 1. The van der Waals surface area contributed by atoms with Crippen LogP contribution in [0.3, 0.4) is 0 Å². The molecule has 162 valence electrons. The fraction of sp³-hybridized carbons (Fsp3) is 0.250. The summed E-state index contributed by atoms with van der Waals surface area (Å²) in [6, 6.07) is 22.2. The van der Waals surface area contributed by atoms with E-state index in [1.165, 1.54) is 29.3 Å². The molecule has 4 nitrogen and oxygen atoms in total. The molecule has 0 amide bonds. The van der Waals surface area contributed by atoms with Crippen molar-refractivity contribution < 1.29 is 9.53 Å². The van der Waals surface area contributed by atoms with Gasteiger partial charge in [0.15, 0.2) is 5.78 Å². The van der Waals surface area contributed by atoms with Gasteiger partial charge in [0.2, 0.25) is 0 Å². The number of aromatic nitrogens is 1. The van der Waals surface area contributed by atoms with E-state index >= 15 is 0 Å². The van der Waals surface area contributed by atoms with E-state index in [0.717, 1.165) is 28.8 Å². The van der Waals surface area contributed by atoms with Crippen LogP contribution in [0.25, 0.3) is 22.0 Å². The van der Waals surface area contributed by atoms with E-state index < -0.39 is 0 Å². The molecule has 0 atom stereocenters. The molecule has 32 heavy (non-hydrogen) atoms. The van der Waals surface area contributed by atoms with Crippen LogP contribution in [0.15, 0.2) is 72.9 Å². The highest BCUT2D eigenvalue weighted by Crippen LogP contribution is 2.44. The molecule has 0 unspecified atom stereocenters. The lowest BCUT2D eigenvalue weighted by atomic mass is 9.96. The fourth-order valence-corrected chi connectivity index (χ4v) is 4.44. The van der Waals surface area contributed by atoms with E-state index in [-0.39, 0.29) is 5.78 Å². The minimum Gasteiger partial charge on any atom is -0.398 e. The highest BCUT2D eigenvalue weighted by atomic mass is 16.5. The predicted octanol–water partition coefficient (Wildman–Crippen LogP) is 5.84. The molecule has 5 rings (SSSR count). The molecule has 1 saturated carbocycles. The van der Waals surface area contributed by atoms with Crippen molar-refractivity contribution in [3.05, 3.63) is 89.6 Å². The molecule has 0 spiro atoms. The van der Waals surface area contributed by atoms with Gasteiger partial charge in [-0.3, -0.25) is 4.79 Å². The van der Waals surface area contributed by atoms with E-state index in [1.54, 1.807) is 7.11 Å². The molecule has 0 radical (unpaired) electrons. The molecule has 4 aromatic rings. The Morgan fingerprint density at radius 2 is 1.84 bits per heavy atom. The van der Waals surface area contributed by atoms with Gasteiger partial charge in [-0.05, 0) is 71.3 Å². The molecule has 0 aliphatic heterocycles. The maximum atomic E-state index is 13.3. The van der Waals surface area contributed by atoms with Crippen molar-refractivity contribution in [2.45, 2.75) is 31.7 Å². The average molecular weight is 425 g/mol. The number of benzene rings is 3. The van der Waals surface area contributed by atoms with Crippen LogP contribution >= 0.6 is 0 Å². The van der Waals surface area contributed by atoms with Crippen LogP contribution in [-0.4, -0.2) is 24.1 Å². The summed E-state index contributed by atoms with van der Waals surface area (Å²) in [5.74, 6) is 0.708. The van der Waals surface area contributed by atoms with Crippen LogP contribution in [-0.2, 0) is 17.7 Å². The van der Waals surface area contributed by atoms with Crippen molar-refractivity contribution in [2.75, 3.05) is 19.5 Å². The molecule has 0 bridgehead atoms. The third-order valence-electron chi connectivity index (χ3n) is 6.39. The number of methoxy groups -OCH3 is 1. The van der Waals surface area contributed by atoms with Gasteiger partial charge in [-0.15, -0.1) is 0 Å². The van der Waals surface area contributed by atoms with Crippen molar-refractivity contribution in [3.63, 3.8) is 0 Å². The predicted molar refractivity (Wildman–Crippen MR) is 130 cm³/mol. The largest absolute Gasteiger partial charge is 0.398 e. The Kier molecular flexibility index (Phi) is 5.54. The molecule has 3 aromatic carbocycles. The molecular formula is C28H28N2O2. The van der Waals surface area contributed by atoms with E-state index in [1.807, 2.05) is 42.5 Å². The normalized spacial score (nSPS) is 13.5. The van der Waals surface area contributed by atoms with E-state index in [9.17, 15) is 4.79 Å². The number of nitrogen functional groups attached to an aromatic ring is 1. The lowest BCUT2D eigenvalue weighted by molar-refractivity contribution is 0.0993. The topological polar surface area (TPSA) is 57.2 Å². The Morgan fingerprint density at radius 3 is 2.59 bits per heavy atom. The summed E-state index contributed by atoms with van der Waals surface area (Å²) in [6.45, 7) is 1.49. The summed E-state index contributed by atoms with van der Waals surface area (Å²) in [5.41, 5.74) is 13.2. The quantitative estimate of drug-likeness (QED) is 0.286. The Morgan fingerprint density at radius 1 is 1.03 bits per heavy atom. The summed E-state index contributed by atoms with van der Waals surface area (Å²) in [4.78, 5) is 13.3. The molecule has 1 aliphatic rings. The lowest BCUT2D eigenvalue weighted by Gasteiger charge is -2.10. The van der Waals surface area contributed by atoms with Gasteiger partial charge in [0.25, 0.3) is 0 Å². The van der Waals surface area contributed by atoms with Crippen LogP contribution in [0.4, 0.5) is 5.69 Å². The molecule has 1 aliphatic carbocycles. The summed E-state index contributed by atoms with van der Waals surface area (Å²) in [6.07, 6.45) is 4.99. The van der Waals surface area contributed by atoms with Gasteiger partial charge < -0.3 is 15.0 Å². The zero-order valence-corrected chi connectivity index (χ0v) is 18.4. The number of rotatable bonds is 8. The lowest BCUT2D eigenvalue weighted by Crippen LogP contribution is -2.06. The second-order valence-electron chi connectivity index (χ2n) is 8.66. The number of ketones is 1. The highest BCUT2D eigenvalue weighted by Gasteiger charge is 2.27. The summed E-state index contributed by atoms with van der Waals surface area (Å²) >= 11 is 0. The molecule has 4 heteroatoms. The number of nitrogens with zero attached hydrogens (tertiary/aromatic N) is 1. The standard InChI is InChI=1S/C28H28N2O2/c1-32-14-13-30-18-25(20-7-8-20)24-16-22(10-12-27(24)30)28(31)17-23-15-21(9-11-26(23)29)19-5-3-2-4-6-19/h2-6,9-12,15-16,18,20H,7-8,13-14,17,29H2,1H3. The van der Waals surface area contributed by atoms with Crippen molar-refractivity contribution >= 4 is 22.4 Å². The first-order chi connectivity index (χ1) is 15.6. The van der Waals surface area contributed by atoms with Crippen molar-refractivity contribution in [1.29, 1.82) is 0 Å². The number of Topliss-reactive ketones (excluding diaryl/α,β-unsaturated/α-hetero) is 1. The maximum Gasteiger partial charge on any atom is 0.167 e. The summed E-state index contributed by atoms with van der Waals surface area (Å²) in [5, 5.41) is 1.19. The van der Waals surface area contributed by atoms with E-state index in [0.29, 0.717) is 24.6 Å². The van der Waals surface area contributed by atoms with Gasteiger partial charge in [-0.2, -0.15) is 0 Å². The van der Waals surface area contributed by atoms with Crippen molar-refractivity contribution in [3.8, 4) is 11.1 Å². The number of anilines is 1. The van der Waals surface area contributed by atoms with Gasteiger partial charge in [0, 0.05) is 48.4 Å². The van der Waals surface area contributed by atoms with Gasteiger partial charge in [0.05, 0.1) is 6.61 Å². The number of carbonyl (C=O) groups is 1. The minimum atomic E-state index is 0.0928. The van der Waals surface area contributed by atoms with E-state index in [2.05, 4.69) is 35.0 Å². The molecule has 1 aromatic heterocycles. The monoisotopic (exact) mass is 424 g/mol. The zero-order chi connectivity index (χ0) is 22.1. The zero-order valence-electron chi connectivity index (χ0n) is 18.4. The molecule has 1 fully saturated rings. The number of hydrogen-bond acceptors (Lipinski definition) is 3. The molecule has 1 heterocycles. The summed E-state index contributed by atoms with van der Waals surface area (Å²) in [7, 11) is 1.72. The first-order valence-electron chi connectivity index (χ1n) is 11.2. The summed E-state index contributed by atoms with van der Waals surface area (Å²) < 4.78 is 7.53. The van der Waals surface area contributed by atoms with Crippen LogP contribution < -0.4 is 5.73 Å². The Balaban J connectivity index is 1.45. The van der Waals surface area contributed by atoms with E-state index in [4.69, 9.17) is 10.5 Å². The first kappa shape index (κ1) is 20.5. The van der Waals surface area contributed by atoms with Crippen LogP contribution in [0.5, 0.6) is 0 Å². The third-order valence-corrected chi connectivity index (χ3v) is 6.39. The minimum absolute atomic E-state index is 0.0928. The number of nitrogens with two attached hydrogens (primary N) is 1. The number of carbonyl (C=O) groups excluding carboxylic acids is 1. The SMILES string of the molecule is COCCn1cc(C2CC2)c2cc(C(=O)Cc3cc(-c4ccccc4)ccc3N)ccc21. The number of ether oxygens (including phenoxy) is 1.